The highest BCUT2D eigenvalue weighted by Crippen LogP contribution is 2.28. The van der Waals surface area contributed by atoms with Crippen LogP contribution in [0.4, 0.5) is 0 Å². The van der Waals surface area contributed by atoms with Gasteiger partial charge in [0.15, 0.2) is 0 Å². The van der Waals surface area contributed by atoms with E-state index < -0.39 is 6.04 Å². The maximum atomic E-state index is 13.8. The van der Waals surface area contributed by atoms with E-state index in [1.807, 2.05) is 93.7 Å². The third-order valence-corrected chi connectivity index (χ3v) is 5.22. The Labute approximate surface area is 169 Å². The fraction of sp³-hybridized carbons (Fsp3) is 0.333. The average molecular weight is 389 g/mol. The Bertz CT molecular complexity index is 1290. The first-order valence-corrected chi connectivity index (χ1v) is 10.0. The van der Waals surface area contributed by atoms with E-state index in [4.69, 9.17) is 0 Å². The van der Waals surface area contributed by atoms with Gasteiger partial charge in [0.25, 0.3) is 5.56 Å². The number of rotatable bonds is 3. The van der Waals surface area contributed by atoms with Gasteiger partial charge in [-0.05, 0) is 38.8 Å². The van der Waals surface area contributed by atoms with Gasteiger partial charge in [-0.25, -0.2) is 0 Å². The van der Waals surface area contributed by atoms with Gasteiger partial charge in [0.1, 0.15) is 11.6 Å². The number of hydrogen-bond donors (Lipinski definition) is 1. The summed E-state index contributed by atoms with van der Waals surface area (Å²) in [6.45, 7) is 9.82. The lowest BCUT2D eigenvalue weighted by atomic mass is 10.00. The van der Waals surface area contributed by atoms with Crippen LogP contribution in [0.2, 0.25) is 0 Å². The quantitative estimate of drug-likeness (QED) is 0.560. The number of para-hydroxylation sites is 2. The number of nitrogens with one attached hydrogen (secondary N) is 1. The van der Waals surface area contributed by atoms with Gasteiger partial charge < -0.3 is 9.72 Å². The van der Waals surface area contributed by atoms with Crippen LogP contribution in [0.3, 0.4) is 0 Å². The molecule has 2 aromatic carbocycles. The molecule has 1 N–H and O–H groups in total. The summed E-state index contributed by atoms with van der Waals surface area (Å²) in [5.74, 6) is -0.193. The van der Waals surface area contributed by atoms with Gasteiger partial charge in [0.2, 0.25) is 5.91 Å². The highest BCUT2D eigenvalue weighted by Gasteiger charge is 2.30. The van der Waals surface area contributed by atoms with Crippen LogP contribution in [-0.2, 0) is 4.79 Å². The number of benzene rings is 2. The van der Waals surface area contributed by atoms with Gasteiger partial charge in [-0.3, -0.25) is 14.2 Å². The molecule has 0 saturated heterocycles. The van der Waals surface area contributed by atoms with Gasteiger partial charge >= 0.3 is 0 Å². The van der Waals surface area contributed by atoms with Gasteiger partial charge in [0, 0.05) is 22.5 Å². The summed E-state index contributed by atoms with van der Waals surface area (Å²) < 4.78 is 3.64. The van der Waals surface area contributed by atoms with E-state index >= 15 is 0 Å². The molecule has 0 fully saturated rings. The zero-order valence-corrected chi connectivity index (χ0v) is 17.6. The number of fused-ring (bicyclic) bond motifs is 5. The number of nitrogens with zero attached hydrogens (tertiary/aromatic N) is 2. The molecule has 0 aliphatic heterocycles. The van der Waals surface area contributed by atoms with E-state index in [0.29, 0.717) is 5.52 Å². The van der Waals surface area contributed by atoms with Crippen LogP contribution < -0.4 is 10.9 Å². The van der Waals surface area contributed by atoms with Crippen molar-refractivity contribution >= 4 is 33.2 Å². The molecule has 1 atom stereocenters. The molecule has 150 valence electrons. The molecule has 4 aromatic rings. The highest BCUT2D eigenvalue weighted by atomic mass is 16.2. The van der Waals surface area contributed by atoms with Crippen LogP contribution in [-0.4, -0.2) is 20.4 Å². The molecule has 2 heterocycles. The van der Waals surface area contributed by atoms with Crippen molar-refractivity contribution in [2.45, 2.75) is 46.2 Å². The predicted octanol–water partition coefficient (Wildman–Crippen LogP) is 4.52. The van der Waals surface area contributed by atoms with Crippen LogP contribution in [0, 0.1) is 5.92 Å². The lowest BCUT2D eigenvalue weighted by Crippen LogP contribution is -2.47. The predicted molar refractivity (Wildman–Crippen MR) is 118 cm³/mol. The maximum absolute atomic E-state index is 13.8. The van der Waals surface area contributed by atoms with E-state index in [1.54, 1.807) is 4.57 Å². The molecule has 5 heteroatoms. The lowest BCUT2D eigenvalue weighted by molar-refractivity contribution is -0.127. The summed E-state index contributed by atoms with van der Waals surface area (Å²) in [6.07, 6.45) is 2.00. The minimum atomic E-state index is -0.606. The molecule has 0 radical (unpaired) electrons. The van der Waals surface area contributed by atoms with Crippen LogP contribution in [0.25, 0.3) is 27.3 Å². The molecule has 2 aromatic heterocycles. The van der Waals surface area contributed by atoms with E-state index in [2.05, 4.69) is 5.32 Å². The summed E-state index contributed by atoms with van der Waals surface area (Å²) in [5, 5.41) is 4.97. The van der Waals surface area contributed by atoms with Crippen LogP contribution >= 0.6 is 0 Å². The average Bonchev–Trinajstić information content (AvgIpc) is 3.03. The Kier molecular flexibility index (Phi) is 4.49. The third-order valence-electron chi connectivity index (χ3n) is 5.22. The molecule has 0 bridgehead atoms. The first-order chi connectivity index (χ1) is 13.7. The first-order valence-electron chi connectivity index (χ1n) is 10.0. The molecule has 5 nitrogen and oxygen atoms in total. The standard InChI is InChI=1S/C24H27N3O2/c1-15(2)20(22(28)25-24(3,4)5)27-19-13-9-8-12-18(19)26-14-16-10-6-7-11-17(16)21(26)23(27)29/h6-15,20H,1-5H3,(H,25,28). The molecule has 1 amide bonds. The Hall–Kier alpha value is -3.08. The Morgan fingerprint density at radius 1 is 0.966 bits per heavy atom. The van der Waals surface area contributed by atoms with E-state index in [9.17, 15) is 9.59 Å². The molecule has 0 aliphatic rings. The first kappa shape index (κ1) is 19.2. The number of carbonyl (C=O) groups excluding carboxylic acids is 1. The fourth-order valence-corrected chi connectivity index (χ4v) is 4.10. The minimum Gasteiger partial charge on any atom is -0.350 e. The van der Waals surface area contributed by atoms with Gasteiger partial charge in [-0.2, -0.15) is 0 Å². The Morgan fingerprint density at radius 2 is 1.59 bits per heavy atom. The second-order valence-electron chi connectivity index (χ2n) is 9.03. The summed E-state index contributed by atoms with van der Waals surface area (Å²) in [7, 11) is 0. The molecular formula is C24H27N3O2. The van der Waals surface area contributed by atoms with Crippen molar-refractivity contribution in [3.63, 3.8) is 0 Å². The van der Waals surface area contributed by atoms with E-state index in [1.165, 1.54) is 0 Å². The summed E-state index contributed by atoms with van der Waals surface area (Å²) in [5.41, 5.74) is 1.75. The summed E-state index contributed by atoms with van der Waals surface area (Å²) in [4.78, 5) is 27.1. The molecular weight excluding hydrogens is 362 g/mol. The second-order valence-corrected chi connectivity index (χ2v) is 9.03. The van der Waals surface area contributed by atoms with Crippen LogP contribution in [0.5, 0.6) is 0 Å². The van der Waals surface area contributed by atoms with Crippen molar-refractivity contribution in [1.29, 1.82) is 0 Å². The van der Waals surface area contributed by atoms with Crippen LogP contribution in [0.15, 0.2) is 59.5 Å². The van der Waals surface area contributed by atoms with Gasteiger partial charge in [0.05, 0.1) is 11.0 Å². The Balaban J connectivity index is 2.12. The topological polar surface area (TPSA) is 55.5 Å². The van der Waals surface area contributed by atoms with Crippen molar-refractivity contribution in [2.75, 3.05) is 0 Å². The molecule has 29 heavy (non-hydrogen) atoms. The van der Waals surface area contributed by atoms with Crippen molar-refractivity contribution < 1.29 is 4.79 Å². The SMILES string of the molecule is CC(C)C(C(=O)NC(C)(C)C)n1c(=O)c2c3ccccc3cn2c2ccccc21. The molecule has 1 unspecified atom stereocenters. The number of carbonyl (C=O) groups is 1. The van der Waals surface area contributed by atoms with Gasteiger partial charge in [-0.15, -0.1) is 0 Å². The van der Waals surface area contributed by atoms with E-state index in [0.717, 1.165) is 21.8 Å². The minimum absolute atomic E-state index is 0.0536. The van der Waals surface area contributed by atoms with Crippen molar-refractivity contribution in [3.8, 4) is 0 Å². The van der Waals surface area contributed by atoms with Crippen molar-refractivity contribution in [1.82, 2.24) is 14.3 Å². The molecule has 4 rings (SSSR count). The molecule has 0 saturated carbocycles. The maximum Gasteiger partial charge on any atom is 0.276 e. The zero-order valence-electron chi connectivity index (χ0n) is 17.6. The lowest BCUT2D eigenvalue weighted by Gasteiger charge is -2.29. The van der Waals surface area contributed by atoms with Crippen LogP contribution in [0.1, 0.15) is 40.7 Å². The monoisotopic (exact) mass is 389 g/mol. The zero-order chi connectivity index (χ0) is 20.9. The highest BCUT2D eigenvalue weighted by molar-refractivity contribution is 6.00. The third kappa shape index (κ3) is 3.20. The Morgan fingerprint density at radius 3 is 2.24 bits per heavy atom. The summed E-state index contributed by atoms with van der Waals surface area (Å²) in [6, 6.07) is 15.1. The molecule has 0 aliphatic carbocycles. The number of aromatic nitrogens is 2. The largest absolute Gasteiger partial charge is 0.350 e. The number of amides is 1. The smallest absolute Gasteiger partial charge is 0.276 e. The van der Waals surface area contributed by atoms with Crippen molar-refractivity contribution in [3.05, 3.63) is 65.1 Å². The van der Waals surface area contributed by atoms with E-state index in [-0.39, 0.29) is 22.9 Å². The molecule has 0 spiro atoms. The second kappa shape index (κ2) is 6.76. The number of hydrogen-bond acceptors (Lipinski definition) is 2. The fourth-order valence-electron chi connectivity index (χ4n) is 4.10. The summed E-state index contributed by atoms with van der Waals surface area (Å²) >= 11 is 0. The van der Waals surface area contributed by atoms with Gasteiger partial charge in [-0.1, -0.05) is 50.2 Å². The van der Waals surface area contributed by atoms with Crippen molar-refractivity contribution in [2.24, 2.45) is 5.92 Å². The normalized spacial score (nSPS) is 13.4.